The molecule has 4 aromatic rings. The highest BCUT2D eigenvalue weighted by molar-refractivity contribution is 7.99. The van der Waals surface area contributed by atoms with Crippen molar-refractivity contribution in [1.82, 2.24) is 9.55 Å². The maximum Gasteiger partial charge on any atom is 0.272 e. The molecule has 0 aliphatic carbocycles. The second kappa shape index (κ2) is 9.68. The lowest BCUT2D eigenvalue weighted by molar-refractivity contribution is -0.113. The van der Waals surface area contributed by atoms with Crippen LogP contribution in [0.2, 0.25) is 5.02 Å². The van der Waals surface area contributed by atoms with Gasteiger partial charge < -0.3 is 5.32 Å². The van der Waals surface area contributed by atoms with Crippen LogP contribution >= 0.6 is 34.7 Å². The summed E-state index contributed by atoms with van der Waals surface area (Å²) in [6.07, 6.45) is 0.948. The van der Waals surface area contributed by atoms with E-state index in [1.807, 2.05) is 53.9 Å². The van der Waals surface area contributed by atoms with Crippen molar-refractivity contribution in [3.63, 3.8) is 0 Å². The summed E-state index contributed by atoms with van der Waals surface area (Å²) in [7, 11) is 0. The van der Waals surface area contributed by atoms with Crippen LogP contribution in [0.1, 0.15) is 18.1 Å². The molecule has 0 saturated carbocycles. The van der Waals surface area contributed by atoms with Crippen molar-refractivity contribution >= 4 is 56.5 Å². The third-order valence-electron chi connectivity index (χ3n) is 4.80. The van der Waals surface area contributed by atoms with Crippen molar-refractivity contribution in [2.75, 3.05) is 11.1 Å². The van der Waals surface area contributed by atoms with Gasteiger partial charge in [0.25, 0.3) is 5.56 Å². The Kier molecular flexibility index (Phi) is 6.75. The fourth-order valence-electron chi connectivity index (χ4n) is 3.12. The van der Waals surface area contributed by atoms with E-state index >= 15 is 0 Å². The molecule has 0 bridgehead atoms. The molecule has 4 rings (SSSR count). The average molecular weight is 470 g/mol. The molecule has 5 nitrogen and oxygen atoms in total. The van der Waals surface area contributed by atoms with E-state index < -0.39 is 0 Å². The Labute approximate surface area is 193 Å². The number of thiophene rings is 1. The molecule has 2 aromatic carbocycles. The number of hydrogen-bond donors (Lipinski definition) is 1. The van der Waals surface area contributed by atoms with Crippen LogP contribution in [0.15, 0.2) is 69.9 Å². The number of amides is 1. The molecule has 8 heteroatoms. The lowest BCUT2D eigenvalue weighted by Gasteiger charge is -2.13. The summed E-state index contributed by atoms with van der Waals surface area (Å²) in [6, 6.07) is 17.0. The topological polar surface area (TPSA) is 64.0 Å². The number of carbonyl (C=O) groups excluding carboxylic acids is 1. The first kappa shape index (κ1) is 21.6. The smallest absolute Gasteiger partial charge is 0.272 e. The number of aryl methyl sites for hydroxylation is 1. The normalized spacial score (nSPS) is 11.0. The lowest BCUT2D eigenvalue weighted by Crippen LogP contribution is -2.24. The monoisotopic (exact) mass is 469 g/mol. The number of hydrogen-bond acceptors (Lipinski definition) is 5. The summed E-state index contributed by atoms with van der Waals surface area (Å²) in [6.45, 7) is 2.38. The van der Waals surface area contributed by atoms with Gasteiger partial charge in [0.1, 0.15) is 4.70 Å². The van der Waals surface area contributed by atoms with Crippen molar-refractivity contribution < 1.29 is 4.79 Å². The van der Waals surface area contributed by atoms with Gasteiger partial charge in [-0.15, -0.1) is 11.3 Å². The molecule has 0 radical (unpaired) electrons. The summed E-state index contributed by atoms with van der Waals surface area (Å²) < 4.78 is 2.19. The van der Waals surface area contributed by atoms with Gasteiger partial charge in [-0.3, -0.25) is 14.2 Å². The molecule has 2 heterocycles. The van der Waals surface area contributed by atoms with Gasteiger partial charge in [-0.25, -0.2) is 4.98 Å². The molecule has 1 amide bonds. The number of benzene rings is 2. The van der Waals surface area contributed by atoms with Gasteiger partial charge in [-0.05, 0) is 47.2 Å². The Morgan fingerprint density at radius 2 is 1.94 bits per heavy atom. The zero-order valence-corrected chi connectivity index (χ0v) is 19.2. The highest BCUT2D eigenvalue weighted by atomic mass is 35.5. The van der Waals surface area contributed by atoms with Gasteiger partial charge in [0.05, 0.1) is 17.8 Å². The molecule has 1 N–H and O–H groups in total. The molecule has 0 unspecified atom stereocenters. The van der Waals surface area contributed by atoms with Crippen molar-refractivity contribution in [1.29, 1.82) is 0 Å². The number of carbonyl (C=O) groups is 1. The molecule has 0 aliphatic heterocycles. The number of aromatic nitrogens is 2. The van der Waals surface area contributed by atoms with Crippen molar-refractivity contribution in [2.45, 2.75) is 25.0 Å². The molecular formula is C23H20ClN3O2S2. The van der Waals surface area contributed by atoms with E-state index in [4.69, 9.17) is 11.6 Å². The maximum atomic E-state index is 13.1. The SMILES string of the molecule is CCc1ccc(NC(=O)CSc2nc3ccsc3c(=O)n2Cc2ccccc2Cl)cc1. The quantitative estimate of drug-likeness (QED) is 0.288. The van der Waals surface area contributed by atoms with E-state index in [9.17, 15) is 9.59 Å². The lowest BCUT2D eigenvalue weighted by atomic mass is 10.1. The Hall–Kier alpha value is -2.61. The van der Waals surface area contributed by atoms with E-state index in [2.05, 4.69) is 17.2 Å². The standard InChI is InChI=1S/C23H20ClN3O2S2/c1-2-15-7-9-17(10-8-15)25-20(28)14-31-23-26-19-11-12-30-21(19)22(29)27(23)13-16-5-3-4-6-18(16)24/h3-12H,2,13-14H2,1H3,(H,25,28). The van der Waals surface area contributed by atoms with E-state index in [-0.39, 0.29) is 17.2 Å². The fraction of sp³-hybridized carbons (Fsp3) is 0.174. The molecule has 0 fully saturated rings. The molecular weight excluding hydrogens is 450 g/mol. The summed E-state index contributed by atoms with van der Waals surface area (Å²) in [5, 5.41) is 5.82. The van der Waals surface area contributed by atoms with Gasteiger partial charge >= 0.3 is 0 Å². The number of rotatable bonds is 7. The predicted molar refractivity (Wildman–Crippen MR) is 130 cm³/mol. The van der Waals surface area contributed by atoms with Crippen LogP contribution in [-0.4, -0.2) is 21.2 Å². The summed E-state index contributed by atoms with van der Waals surface area (Å²) >= 11 is 8.92. The minimum Gasteiger partial charge on any atom is -0.325 e. The third-order valence-corrected chi connectivity index (χ3v) is 7.03. The first-order chi connectivity index (χ1) is 15.0. The molecule has 0 spiro atoms. The van der Waals surface area contributed by atoms with E-state index in [0.717, 1.165) is 17.7 Å². The number of halogens is 1. The van der Waals surface area contributed by atoms with Crippen LogP contribution in [0.25, 0.3) is 10.2 Å². The van der Waals surface area contributed by atoms with Crippen LogP contribution in [0.4, 0.5) is 5.69 Å². The molecule has 0 atom stereocenters. The molecule has 2 aromatic heterocycles. The Bertz CT molecular complexity index is 1280. The van der Waals surface area contributed by atoms with Crippen LogP contribution in [-0.2, 0) is 17.8 Å². The second-order valence-electron chi connectivity index (χ2n) is 6.90. The Morgan fingerprint density at radius 1 is 1.16 bits per heavy atom. The molecule has 0 aliphatic rings. The highest BCUT2D eigenvalue weighted by Gasteiger charge is 2.15. The van der Waals surface area contributed by atoms with Gasteiger partial charge in [-0.1, -0.05) is 60.6 Å². The largest absolute Gasteiger partial charge is 0.325 e. The maximum absolute atomic E-state index is 13.1. The van der Waals surface area contributed by atoms with Crippen LogP contribution in [0.3, 0.4) is 0 Å². The minimum atomic E-state index is -0.154. The summed E-state index contributed by atoms with van der Waals surface area (Å²) in [4.78, 5) is 30.2. The van der Waals surface area contributed by atoms with Gasteiger partial charge in [-0.2, -0.15) is 0 Å². The van der Waals surface area contributed by atoms with Gasteiger partial charge in [0.2, 0.25) is 5.91 Å². The number of nitrogens with zero attached hydrogens (tertiary/aromatic N) is 2. The number of anilines is 1. The highest BCUT2D eigenvalue weighted by Crippen LogP contribution is 2.24. The van der Waals surface area contributed by atoms with Gasteiger partial charge in [0.15, 0.2) is 5.16 Å². The zero-order valence-electron chi connectivity index (χ0n) is 16.8. The molecule has 158 valence electrons. The summed E-state index contributed by atoms with van der Waals surface area (Å²) in [5.41, 5.74) is 3.30. The van der Waals surface area contributed by atoms with E-state index in [1.54, 1.807) is 10.6 Å². The number of fused-ring (bicyclic) bond motifs is 1. The fourth-order valence-corrected chi connectivity index (χ4v) is 4.89. The van der Waals surface area contributed by atoms with Crippen LogP contribution < -0.4 is 10.9 Å². The molecule has 31 heavy (non-hydrogen) atoms. The van der Waals surface area contributed by atoms with Gasteiger partial charge in [0, 0.05) is 10.7 Å². The zero-order chi connectivity index (χ0) is 21.8. The van der Waals surface area contributed by atoms with Crippen molar-refractivity contribution in [3.05, 3.63) is 86.5 Å². The average Bonchev–Trinajstić information content (AvgIpc) is 3.25. The third kappa shape index (κ3) is 5.01. The Balaban J connectivity index is 1.56. The summed E-state index contributed by atoms with van der Waals surface area (Å²) in [5.74, 6) is -0.0154. The van der Waals surface area contributed by atoms with Crippen LogP contribution in [0.5, 0.6) is 0 Å². The van der Waals surface area contributed by atoms with E-state index in [1.165, 1.54) is 28.7 Å². The number of nitrogens with one attached hydrogen (secondary N) is 1. The predicted octanol–water partition coefficient (Wildman–Crippen LogP) is 5.45. The second-order valence-corrected chi connectivity index (χ2v) is 9.17. The minimum absolute atomic E-state index is 0.127. The Morgan fingerprint density at radius 3 is 2.68 bits per heavy atom. The molecule has 0 saturated heterocycles. The first-order valence-electron chi connectivity index (χ1n) is 9.78. The number of thioether (sulfide) groups is 1. The van der Waals surface area contributed by atoms with E-state index in [0.29, 0.717) is 26.9 Å². The van der Waals surface area contributed by atoms with Crippen molar-refractivity contribution in [2.24, 2.45) is 0 Å². The van der Waals surface area contributed by atoms with Crippen molar-refractivity contribution in [3.8, 4) is 0 Å². The van der Waals surface area contributed by atoms with Crippen LogP contribution in [0, 0.1) is 0 Å². The first-order valence-corrected chi connectivity index (χ1v) is 12.0.